The van der Waals surface area contributed by atoms with E-state index in [9.17, 15) is 0 Å². The van der Waals surface area contributed by atoms with Crippen LogP contribution in [0.5, 0.6) is 0 Å². The molecule has 0 amide bonds. The van der Waals surface area contributed by atoms with Crippen molar-refractivity contribution in [1.82, 2.24) is 6.15 Å². The van der Waals surface area contributed by atoms with Crippen LogP contribution in [0.2, 0.25) is 0 Å². The van der Waals surface area contributed by atoms with E-state index >= 15 is 0 Å². The van der Waals surface area contributed by atoms with Crippen LogP contribution >= 0.6 is 0 Å². The van der Waals surface area contributed by atoms with Gasteiger partial charge in [-0.15, -0.1) is 10.1 Å². The minimum absolute atomic E-state index is 0. The number of rotatable bonds is 1. The Balaban J connectivity index is -0.000000114. The molecular formula is C5H16N2O4. The summed E-state index contributed by atoms with van der Waals surface area (Å²) in [6, 6.07) is 0. The lowest BCUT2D eigenvalue weighted by Gasteiger charge is -2.11. The molecule has 0 aromatic carbocycles. The van der Waals surface area contributed by atoms with E-state index in [1.54, 1.807) is 13.8 Å². The van der Waals surface area contributed by atoms with Crippen LogP contribution in [0, 0.1) is 10.1 Å². The average molecular weight is 168 g/mol. The van der Waals surface area contributed by atoms with Gasteiger partial charge in [-0.05, 0) is 20.3 Å². The standard InChI is InChI=1S/C5H12O.HNO3.H3N/c1-4-5(2,3)6;2-1(3)4;/h6H,4H2,1-3H3;(H,2,3,4);1H3. The van der Waals surface area contributed by atoms with Gasteiger partial charge < -0.3 is 16.5 Å². The second-order valence-electron chi connectivity index (χ2n) is 2.40. The molecule has 0 unspecified atom stereocenters. The Labute approximate surface area is 65.5 Å². The number of hydrogen-bond donors (Lipinski definition) is 3. The zero-order chi connectivity index (χ0) is 8.78. The SMILES string of the molecule is CCC(C)(C)O.N.O=[N+]([O-])O. The summed E-state index contributed by atoms with van der Waals surface area (Å²) in [6.45, 7) is 5.56. The van der Waals surface area contributed by atoms with Gasteiger partial charge in [0.15, 0.2) is 0 Å². The van der Waals surface area contributed by atoms with Crippen LogP contribution in [0.25, 0.3) is 0 Å². The summed E-state index contributed by atoms with van der Waals surface area (Å²) in [5.41, 5.74) is -0.458. The Morgan fingerprint density at radius 1 is 1.55 bits per heavy atom. The Kier molecular flexibility index (Phi) is 10.9. The highest BCUT2D eigenvalue weighted by Gasteiger charge is 2.05. The lowest BCUT2D eigenvalue weighted by atomic mass is 10.1. The first-order valence-corrected chi connectivity index (χ1v) is 2.85. The lowest BCUT2D eigenvalue weighted by Crippen LogP contribution is -2.15. The molecule has 70 valence electrons. The Morgan fingerprint density at radius 2 is 1.64 bits per heavy atom. The van der Waals surface area contributed by atoms with Gasteiger partial charge in [-0.25, -0.2) is 0 Å². The van der Waals surface area contributed by atoms with Crippen molar-refractivity contribution in [3.05, 3.63) is 10.1 Å². The molecule has 0 saturated carbocycles. The van der Waals surface area contributed by atoms with Crippen LogP contribution in [0.1, 0.15) is 27.2 Å². The van der Waals surface area contributed by atoms with Crippen LogP contribution in [-0.2, 0) is 0 Å². The molecule has 11 heavy (non-hydrogen) atoms. The van der Waals surface area contributed by atoms with Gasteiger partial charge in [0.1, 0.15) is 0 Å². The monoisotopic (exact) mass is 168 g/mol. The van der Waals surface area contributed by atoms with Crippen molar-refractivity contribution in [2.75, 3.05) is 0 Å². The molecule has 0 aliphatic rings. The van der Waals surface area contributed by atoms with E-state index in [0.717, 1.165) is 6.42 Å². The van der Waals surface area contributed by atoms with Crippen molar-refractivity contribution in [1.29, 1.82) is 0 Å². The van der Waals surface area contributed by atoms with Gasteiger partial charge in [-0.1, -0.05) is 6.92 Å². The Bertz CT molecular complexity index is 95.1. The van der Waals surface area contributed by atoms with Crippen LogP contribution in [0.3, 0.4) is 0 Å². The van der Waals surface area contributed by atoms with Crippen molar-refractivity contribution in [2.45, 2.75) is 32.8 Å². The first-order valence-electron chi connectivity index (χ1n) is 2.85. The molecule has 5 N–H and O–H groups in total. The first kappa shape index (κ1) is 16.6. The van der Waals surface area contributed by atoms with Gasteiger partial charge >= 0.3 is 0 Å². The zero-order valence-corrected chi connectivity index (χ0v) is 7.07. The lowest BCUT2D eigenvalue weighted by molar-refractivity contribution is -0.742. The predicted molar refractivity (Wildman–Crippen MR) is 40.4 cm³/mol. The topological polar surface area (TPSA) is 119 Å². The molecule has 0 heterocycles. The maximum absolute atomic E-state index is 8.83. The van der Waals surface area contributed by atoms with E-state index < -0.39 is 10.7 Å². The van der Waals surface area contributed by atoms with Gasteiger partial charge in [-0.3, -0.25) is 0 Å². The molecule has 0 radical (unpaired) electrons. The fourth-order valence-corrected chi connectivity index (χ4v) is 0. The molecule has 0 aromatic heterocycles. The first-order chi connectivity index (χ1) is 4.29. The molecule has 0 fully saturated rings. The average Bonchev–Trinajstić information content (AvgIpc) is 1.63. The molecule has 0 aliphatic heterocycles. The van der Waals surface area contributed by atoms with Crippen LogP contribution in [-0.4, -0.2) is 21.0 Å². The van der Waals surface area contributed by atoms with Gasteiger partial charge in [0.2, 0.25) is 0 Å². The number of hydrogen-bond acceptors (Lipinski definition) is 4. The molecule has 0 aliphatic carbocycles. The maximum Gasteiger partial charge on any atom is 0.291 e. The van der Waals surface area contributed by atoms with Crippen LogP contribution < -0.4 is 6.15 Å². The predicted octanol–water partition coefficient (Wildman–Crippen LogP) is 0.982. The van der Waals surface area contributed by atoms with Crippen molar-refractivity contribution in [3.63, 3.8) is 0 Å². The zero-order valence-electron chi connectivity index (χ0n) is 7.07. The van der Waals surface area contributed by atoms with Crippen molar-refractivity contribution in [2.24, 2.45) is 0 Å². The Morgan fingerprint density at radius 3 is 1.64 bits per heavy atom. The van der Waals surface area contributed by atoms with Crippen molar-refractivity contribution < 1.29 is 15.4 Å². The molecule has 0 saturated heterocycles. The van der Waals surface area contributed by atoms with E-state index in [4.69, 9.17) is 20.4 Å². The van der Waals surface area contributed by atoms with Crippen LogP contribution in [0.4, 0.5) is 0 Å². The molecule has 0 rings (SSSR count). The number of aliphatic hydroxyl groups is 1. The molecule has 0 aromatic rings. The summed E-state index contributed by atoms with van der Waals surface area (Å²) in [5.74, 6) is 0. The summed E-state index contributed by atoms with van der Waals surface area (Å²) >= 11 is 0. The second kappa shape index (κ2) is 7.23. The molecule has 6 nitrogen and oxygen atoms in total. The van der Waals surface area contributed by atoms with E-state index in [1.807, 2.05) is 6.92 Å². The highest BCUT2D eigenvalue weighted by molar-refractivity contribution is 4.59. The van der Waals surface area contributed by atoms with Gasteiger partial charge in [0.25, 0.3) is 5.09 Å². The third-order valence-corrected chi connectivity index (χ3v) is 0.865. The van der Waals surface area contributed by atoms with Crippen LogP contribution in [0.15, 0.2) is 0 Å². The normalized spacial score (nSPS) is 8.73. The minimum atomic E-state index is -1.50. The van der Waals surface area contributed by atoms with Gasteiger partial charge in [0.05, 0.1) is 5.60 Å². The molecular weight excluding hydrogens is 152 g/mol. The maximum atomic E-state index is 8.83. The highest BCUT2D eigenvalue weighted by atomic mass is 16.9. The Hall–Kier alpha value is -0.880. The van der Waals surface area contributed by atoms with Crippen molar-refractivity contribution >= 4 is 0 Å². The largest absolute Gasteiger partial charge is 0.390 e. The van der Waals surface area contributed by atoms with E-state index in [1.165, 1.54) is 0 Å². The second-order valence-corrected chi connectivity index (χ2v) is 2.40. The quantitative estimate of drug-likeness (QED) is 0.398. The minimum Gasteiger partial charge on any atom is -0.390 e. The van der Waals surface area contributed by atoms with E-state index in [2.05, 4.69) is 0 Å². The molecule has 0 bridgehead atoms. The van der Waals surface area contributed by atoms with Gasteiger partial charge in [0, 0.05) is 0 Å². The highest BCUT2D eigenvalue weighted by Crippen LogP contribution is 2.03. The fraction of sp³-hybridized carbons (Fsp3) is 1.00. The molecule has 0 atom stereocenters. The van der Waals surface area contributed by atoms with E-state index in [0.29, 0.717) is 0 Å². The van der Waals surface area contributed by atoms with E-state index in [-0.39, 0.29) is 6.15 Å². The van der Waals surface area contributed by atoms with Crippen molar-refractivity contribution in [3.8, 4) is 0 Å². The summed E-state index contributed by atoms with van der Waals surface area (Å²) in [6.07, 6.45) is 0.826. The molecule has 0 spiro atoms. The third-order valence-electron chi connectivity index (χ3n) is 0.865. The van der Waals surface area contributed by atoms with Gasteiger partial charge in [-0.2, -0.15) is 0 Å². The smallest absolute Gasteiger partial charge is 0.291 e. The number of nitrogens with zero attached hydrogens (tertiary/aromatic N) is 1. The fourth-order valence-electron chi connectivity index (χ4n) is 0. The third kappa shape index (κ3) is 103. The molecule has 6 heteroatoms. The summed E-state index contributed by atoms with van der Waals surface area (Å²) in [4.78, 5) is 8.36. The summed E-state index contributed by atoms with van der Waals surface area (Å²) in [5, 5.41) is 22.5. The summed E-state index contributed by atoms with van der Waals surface area (Å²) in [7, 11) is 0. The summed E-state index contributed by atoms with van der Waals surface area (Å²) < 4.78 is 0.